The first-order chi connectivity index (χ1) is 9.56. The molecule has 0 spiro atoms. The molecule has 0 aliphatic carbocycles. The van der Waals surface area contributed by atoms with Gasteiger partial charge in [-0.25, -0.2) is 4.79 Å². The van der Waals surface area contributed by atoms with Crippen molar-refractivity contribution >= 4 is 6.03 Å². The van der Waals surface area contributed by atoms with Gasteiger partial charge in [-0.3, -0.25) is 0 Å². The van der Waals surface area contributed by atoms with Crippen LogP contribution in [0.5, 0.6) is 5.75 Å². The third kappa shape index (κ3) is 5.48. The Labute approximate surface area is 120 Å². The maximum Gasteiger partial charge on any atom is 0.315 e. The van der Waals surface area contributed by atoms with Gasteiger partial charge in [0, 0.05) is 12.1 Å². The van der Waals surface area contributed by atoms with E-state index in [9.17, 15) is 4.79 Å². The fourth-order valence-electron chi connectivity index (χ4n) is 1.65. The molecule has 0 aliphatic rings. The van der Waals surface area contributed by atoms with Crippen LogP contribution in [0.25, 0.3) is 0 Å². The Kier molecular flexibility index (Phi) is 6.87. The number of hydrogen-bond donors (Lipinski definition) is 3. The maximum atomic E-state index is 11.6. The maximum absolute atomic E-state index is 11.6. The fraction of sp³-hybridized carbons (Fsp3) is 0.533. The molecule has 0 aromatic heterocycles. The molecule has 1 unspecified atom stereocenters. The summed E-state index contributed by atoms with van der Waals surface area (Å²) in [5, 5.41) is 14.3. The van der Waals surface area contributed by atoms with Gasteiger partial charge in [0.2, 0.25) is 0 Å². The molecule has 1 rings (SSSR count). The first-order valence-electron chi connectivity index (χ1n) is 6.94. The number of ether oxygens (including phenoxy) is 1. The quantitative estimate of drug-likeness (QED) is 0.715. The second kappa shape index (κ2) is 8.43. The molecule has 112 valence electrons. The molecule has 3 N–H and O–H groups in total. The van der Waals surface area contributed by atoms with E-state index in [0.717, 1.165) is 23.3 Å². The number of aliphatic hydroxyl groups excluding tert-OH is 1. The molecule has 0 radical (unpaired) electrons. The molecular weight excluding hydrogens is 256 g/mol. The van der Waals surface area contributed by atoms with Crippen LogP contribution in [-0.2, 0) is 6.54 Å². The van der Waals surface area contributed by atoms with Crippen molar-refractivity contribution < 1.29 is 14.6 Å². The van der Waals surface area contributed by atoms with Crippen LogP contribution < -0.4 is 15.4 Å². The minimum absolute atomic E-state index is 0.0805. The van der Waals surface area contributed by atoms with Crippen LogP contribution in [0.4, 0.5) is 4.79 Å². The van der Waals surface area contributed by atoms with E-state index in [1.54, 1.807) is 6.92 Å². The molecule has 0 bridgehead atoms. The topological polar surface area (TPSA) is 70.6 Å². The van der Waals surface area contributed by atoms with E-state index in [-0.39, 0.29) is 18.7 Å². The average molecular weight is 280 g/mol. The van der Waals surface area contributed by atoms with Crippen LogP contribution >= 0.6 is 0 Å². The largest absolute Gasteiger partial charge is 0.493 e. The van der Waals surface area contributed by atoms with Crippen LogP contribution in [0.15, 0.2) is 18.2 Å². The lowest BCUT2D eigenvalue weighted by Crippen LogP contribution is -2.42. The fourth-order valence-corrected chi connectivity index (χ4v) is 1.65. The van der Waals surface area contributed by atoms with Gasteiger partial charge in [-0.1, -0.05) is 19.1 Å². The highest BCUT2D eigenvalue weighted by Gasteiger charge is 2.08. The number of benzene rings is 1. The zero-order chi connectivity index (χ0) is 15.0. The molecule has 0 aliphatic heterocycles. The Balaban J connectivity index is 2.60. The summed E-state index contributed by atoms with van der Waals surface area (Å²) in [7, 11) is 0. The smallest absolute Gasteiger partial charge is 0.315 e. The summed E-state index contributed by atoms with van der Waals surface area (Å²) < 4.78 is 5.69. The summed E-state index contributed by atoms with van der Waals surface area (Å²) in [5.74, 6) is 0.808. The zero-order valence-electron chi connectivity index (χ0n) is 12.4. The Morgan fingerprint density at radius 3 is 2.85 bits per heavy atom. The Morgan fingerprint density at radius 2 is 2.20 bits per heavy atom. The number of nitrogens with one attached hydrogen (secondary N) is 2. The van der Waals surface area contributed by atoms with Crippen LogP contribution in [-0.4, -0.2) is 30.4 Å². The standard InChI is InChI=1S/C15H24N2O3/c1-4-7-20-14-8-11(2)5-6-13(14)9-16-15(19)17-12(3)10-18/h5-6,8,12,18H,4,7,9-10H2,1-3H3,(H2,16,17,19). The lowest BCUT2D eigenvalue weighted by molar-refractivity contribution is 0.220. The number of rotatable bonds is 7. The SMILES string of the molecule is CCCOc1cc(C)ccc1CNC(=O)NC(C)CO. The first-order valence-corrected chi connectivity index (χ1v) is 6.94. The second-order valence-electron chi connectivity index (χ2n) is 4.87. The van der Waals surface area contributed by atoms with Crippen molar-refractivity contribution in [3.05, 3.63) is 29.3 Å². The highest BCUT2D eigenvalue weighted by atomic mass is 16.5. The summed E-state index contributed by atoms with van der Waals surface area (Å²) in [6, 6.07) is 5.36. The van der Waals surface area contributed by atoms with E-state index in [0.29, 0.717) is 13.2 Å². The average Bonchev–Trinajstić information content (AvgIpc) is 2.43. The van der Waals surface area contributed by atoms with E-state index in [1.165, 1.54) is 0 Å². The summed E-state index contributed by atoms with van der Waals surface area (Å²) in [6.07, 6.45) is 0.940. The molecule has 5 heteroatoms. The van der Waals surface area contributed by atoms with Crippen molar-refractivity contribution in [2.45, 2.75) is 39.8 Å². The van der Waals surface area contributed by atoms with Crippen molar-refractivity contribution in [1.82, 2.24) is 10.6 Å². The first kappa shape index (κ1) is 16.3. The third-order valence-corrected chi connectivity index (χ3v) is 2.78. The lowest BCUT2D eigenvalue weighted by atomic mass is 10.1. The molecule has 20 heavy (non-hydrogen) atoms. The number of carbonyl (C=O) groups excluding carboxylic acids is 1. The highest BCUT2D eigenvalue weighted by molar-refractivity contribution is 5.74. The number of urea groups is 1. The molecule has 0 saturated carbocycles. The number of hydrogen-bond acceptors (Lipinski definition) is 3. The van der Waals surface area contributed by atoms with Gasteiger partial charge < -0.3 is 20.5 Å². The van der Waals surface area contributed by atoms with Gasteiger partial charge in [0.1, 0.15) is 5.75 Å². The second-order valence-corrected chi connectivity index (χ2v) is 4.87. The molecule has 1 aromatic rings. The molecule has 0 heterocycles. The summed E-state index contributed by atoms with van der Waals surface area (Å²) in [5.41, 5.74) is 2.06. The van der Waals surface area contributed by atoms with Crippen molar-refractivity contribution in [1.29, 1.82) is 0 Å². The molecule has 2 amide bonds. The minimum atomic E-state index is -0.298. The monoisotopic (exact) mass is 280 g/mol. The predicted octanol–water partition coefficient (Wildman–Crippen LogP) is 1.96. The zero-order valence-corrected chi connectivity index (χ0v) is 12.4. The molecule has 1 aromatic carbocycles. The van der Waals surface area contributed by atoms with E-state index in [1.807, 2.05) is 25.1 Å². The lowest BCUT2D eigenvalue weighted by Gasteiger charge is -2.14. The van der Waals surface area contributed by atoms with E-state index in [4.69, 9.17) is 9.84 Å². The van der Waals surface area contributed by atoms with Gasteiger partial charge >= 0.3 is 6.03 Å². The van der Waals surface area contributed by atoms with Crippen molar-refractivity contribution in [3.63, 3.8) is 0 Å². The van der Waals surface area contributed by atoms with Gasteiger partial charge in [0.25, 0.3) is 0 Å². The number of carbonyl (C=O) groups is 1. The van der Waals surface area contributed by atoms with E-state index in [2.05, 4.69) is 17.6 Å². The molecule has 0 saturated heterocycles. The summed E-state index contributed by atoms with van der Waals surface area (Å²) >= 11 is 0. The van der Waals surface area contributed by atoms with Crippen LogP contribution in [0, 0.1) is 6.92 Å². The Bertz CT molecular complexity index is 435. The number of amides is 2. The third-order valence-electron chi connectivity index (χ3n) is 2.78. The predicted molar refractivity (Wildman–Crippen MR) is 78.9 cm³/mol. The van der Waals surface area contributed by atoms with Gasteiger partial charge in [0.05, 0.1) is 19.3 Å². The van der Waals surface area contributed by atoms with E-state index >= 15 is 0 Å². The highest BCUT2D eigenvalue weighted by Crippen LogP contribution is 2.20. The minimum Gasteiger partial charge on any atom is -0.493 e. The van der Waals surface area contributed by atoms with Gasteiger partial charge in [0.15, 0.2) is 0 Å². The Morgan fingerprint density at radius 1 is 1.45 bits per heavy atom. The number of aryl methyl sites for hydroxylation is 1. The number of aliphatic hydroxyl groups is 1. The van der Waals surface area contributed by atoms with Crippen molar-refractivity contribution in [2.75, 3.05) is 13.2 Å². The Hall–Kier alpha value is -1.75. The molecule has 0 fully saturated rings. The van der Waals surface area contributed by atoms with Crippen LogP contribution in [0.1, 0.15) is 31.4 Å². The van der Waals surface area contributed by atoms with Gasteiger partial charge in [-0.15, -0.1) is 0 Å². The molecular formula is C15H24N2O3. The normalized spacial score (nSPS) is 11.8. The summed E-state index contributed by atoms with van der Waals surface area (Å²) in [4.78, 5) is 11.6. The van der Waals surface area contributed by atoms with E-state index < -0.39 is 0 Å². The van der Waals surface area contributed by atoms with Crippen molar-refractivity contribution in [2.24, 2.45) is 0 Å². The van der Waals surface area contributed by atoms with Crippen molar-refractivity contribution in [3.8, 4) is 5.75 Å². The van der Waals surface area contributed by atoms with Gasteiger partial charge in [-0.05, 0) is 31.9 Å². The van der Waals surface area contributed by atoms with Gasteiger partial charge in [-0.2, -0.15) is 0 Å². The van der Waals surface area contributed by atoms with Crippen LogP contribution in [0.3, 0.4) is 0 Å². The van der Waals surface area contributed by atoms with Crippen LogP contribution in [0.2, 0.25) is 0 Å². The summed E-state index contributed by atoms with van der Waals surface area (Å²) in [6.45, 7) is 6.76. The molecule has 1 atom stereocenters. The molecule has 5 nitrogen and oxygen atoms in total.